The largest absolute Gasteiger partial charge is 0.481 e. The van der Waals surface area contributed by atoms with E-state index in [2.05, 4.69) is 35.0 Å². The number of nitrogens with one attached hydrogen (secondary N) is 1. The van der Waals surface area contributed by atoms with E-state index in [1.165, 1.54) is 33.5 Å². The van der Waals surface area contributed by atoms with Gasteiger partial charge in [-0.2, -0.15) is 0 Å². The molecule has 0 bridgehead atoms. The van der Waals surface area contributed by atoms with Crippen molar-refractivity contribution in [2.24, 2.45) is 0 Å². The Bertz CT molecular complexity index is 1520. The average molecular weight is 577 g/mol. The summed E-state index contributed by atoms with van der Waals surface area (Å²) in [5.41, 5.74) is 1.90. The van der Waals surface area contributed by atoms with E-state index in [9.17, 15) is 8.42 Å². The van der Waals surface area contributed by atoms with E-state index >= 15 is 0 Å². The van der Waals surface area contributed by atoms with E-state index in [4.69, 9.17) is 25.6 Å². The Balaban J connectivity index is 1.81. The number of rotatable bonds is 11. The van der Waals surface area contributed by atoms with Gasteiger partial charge in [0.1, 0.15) is 22.8 Å². The molecule has 15 heteroatoms. The minimum atomic E-state index is -4.11. The zero-order chi connectivity index (χ0) is 28.3. The van der Waals surface area contributed by atoms with Crippen molar-refractivity contribution in [3.05, 3.63) is 58.5 Å². The van der Waals surface area contributed by atoms with Gasteiger partial charge in [0, 0.05) is 31.1 Å². The first-order valence-corrected chi connectivity index (χ1v) is 13.9. The Morgan fingerprint density at radius 2 is 1.87 bits per heavy atom. The first kappa shape index (κ1) is 28.4. The van der Waals surface area contributed by atoms with E-state index in [-0.39, 0.29) is 11.8 Å². The number of sulfonamides is 1. The number of pyridine rings is 1. The van der Waals surface area contributed by atoms with Crippen molar-refractivity contribution in [3.63, 3.8) is 0 Å². The molecule has 0 amide bonds. The van der Waals surface area contributed by atoms with E-state index in [1.54, 1.807) is 29.7 Å². The molecular weight excluding hydrogens is 548 g/mol. The van der Waals surface area contributed by atoms with E-state index in [0.717, 1.165) is 5.56 Å². The normalized spacial score (nSPS) is 14.1. The van der Waals surface area contributed by atoms with Gasteiger partial charge in [0.15, 0.2) is 11.6 Å². The molecular formula is C24H29ClN8O5S. The lowest BCUT2D eigenvalue weighted by Gasteiger charge is -2.24. The molecule has 4 aromatic heterocycles. The summed E-state index contributed by atoms with van der Waals surface area (Å²) in [4.78, 5) is 12.8. The fourth-order valence-electron chi connectivity index (χ4n) is 4.32. The lowest BCUT2D eigenvalue weighted by molar-refractivity contribution is 0.0950. The Morgan fingerprint density at radius 3 is 2.46 bits per heavy atom. The second-order valence-corrected chi connectivity index (χ2v) is 11.2. The fraction of sp³-hybridized carbons (Fsp3) is 0.417. The van der Waals surface area contributed by atoms with Crippen LogP contribution >= 0.6 is 11.6 Å². The number of aromatic nitrogens is 7. The quantitative estimate of drug-likeness (QED) is 0.275. The maximum atomic E-state index is 13.6. The third-order valence-corrected chi connectivity index (χ3v) is 8.16. The molecule has 4 heterocycles. The number of halogens is 1. The third-order valence-electron chi connectivity index (χ3n) is 6.28. The van der Waals surface area contributed by atoms with Crippen LogP contribution in [0, 0.1) is 13.8 Å². The molecule has 13 nitrogen and oxygen atoms in total. The number of aryl methyl sites for hydroxylation is 2. The summed E-state index contributed by atoms with van der Waals surface area (Å²) in [5.74, 6) is 1.45. The lowest BCUT2D eigenvalue weighted by atomic mass is 10.0. The minimum absolute atomic E-state index is 0.0137. The molecule has 0 aromatic carbocycles. The van der Waals surface area contributed by atoms with Crippen LogP contribution in [0.4, 0.5) is 5.95 Å². The van der Waals surface area contributed by atoms with Gasteiger partial charge in [-0.1, -0.05) is 29.7 Å². The van der Waals surface area contributed by atoms with Gasteiger partial charge < -0.3 is 14.0 Å². The predicted octanol–water partition coefficient (Wildman–Crippen LogP) is 3.91. The molecule has 3 atom stereocenters. The van der Waals surface area contributed by atoms with Gasteiger partial charge in [0.2, 0.25) is 21.9 Å². The number of nitrogens with zero attached hydrogens (tertiary/aromatic N) is 7. The molecule has 4 rings (SSSR count). The van der Waals surface area contributed by atoms with Crippen molar-refractivity contribution in [2.75, 3.05) is 18.9 Å². The van der Waals surface area contributed by atoms with Crippen molar-refractivity contribution in [1.29, 1.82) is 0 Å². The minimum Gasteiger partial charge on any atom is -0.481 e. The molecule has 4 aromatic rings. The van der Waals surface area contributed by atoms with Crippen LogP contribution in [-0.2, 0) is 14.8 Å². The van der Waals surface area contributed by atoms with E-state index in [0.29, 0.717) is 40.3 Å². The van der Waals surface area contributed by atoms with Crippen LogP contribution < -0.4 is 9.46 Å². The molecule has 0 radical (unpaired) electrons. The van der Waals surface area contributed by atoms with Crippen molar-refractivity contribution >= 4 is 27.6 Å². The number of hydrogen-bond donors (Lipinski definition) is 1. The third kappa shape index (κ3) is 5.72. The van der Waals surface area contributed by atoms with Crippen LogP contribution in [0.2, 0.25) is 5.02 Å². The summed E-state index contributed by atoms with van der Waals surface area (Å²) in [6.07, 6.45) is 2.31. The van der Waals surface area contributed by atoms with Gasteiger partial charge in [0.05, 0.1) is 23.9 Å². The zero-order valence-corrected chi connectivity index (χ0v) is 23.9. The highest BCUT2D eigenvalue weighted by Gasteiger charge is 2.36. The SMILES string of the molecule is CCC(c1c(C)noc1C)n1c(NS(=O)(=O)C(C)C(OC)c2ncc(Cl)cn2)nnc1-c1cccc(OC)n1. The number of ether oxygens (including phenoxy) is 2. The number of hydrogen-bond acceptors (Lipinski definition) is 11. The van der Waals surface area contributed by atoms with Crippen LogP contribution in [0.25, 0.3) is 11.5 Å². The van der Waals surface area contributed by atoms with Gasteiger partial charge in [0.25, 0.3) is 0 Å². The van der Waals surface area contributed by atoms with Crippen molar-refractivity contribution in [3.8, 4) is 17.4 Å². The van der Waals surface area contributed by atoms with Crippen molar-refractivity contribution in [2.45, 2.75) is 51.5 Å². The summed E-state index contributed by atoms with van der Waals surface area (Å²) in [7, 11) is -1.22. The Morgan fingerprint density at radius 1 is 1.15 bits per heavy atom. The predicted molar refractivity (Wildman–Crippen MR) is 143 cm³/mol. The first-order chi connectivity index (χ1) is 18.6. The maximum absolute atomic E-state index is 13.6. The first-order valence-electron chi connectivity index (χ1n) is 12.0. The summed E-state index contributed by atoms with van der Waals surface area (Å²) < 4.78 is 47.8. The molecule has 0 saturated heterocycles. The summed E-state index contributed by atoms with van der Waals surface area (Å²) in [5, 5.41) is 11.8. The van der Waals surface area contributed by atoms with Crippen molar-refractivity contribution in [1.82, 2.24) is 34.9 Å². The zero-order valence-electron chi connectivity index (χ0n) is 22.3. The molecule has 0 aliphatic heterocycles. The molecule has 1 N–H and O–H groups in total. The molecule has 0 aliphatic carbocycles. The molecule has 0 aliphatic rings. The van der Waals surface area contributed by atoms with Crippen LogP contribution in [0.5, 0.6) is 5.88 Å². The van der Waals surface area contributed by atoms with Gasteiger partial charge in [-0.05, 0) is 33.3 Å². The highest BCUT2D eigenvalue weighted by molar-refractivity contribution is 7.93. The topological polar surface area (TPSA) is 160 Å². The van der Waals surface area contributed by atoms with Gasteiger partial charge >= 0.3 is 0 Å². The maximum Gasteiger partial charge on any atom is 0.240 e. The number of methoxy groups -OCH3 is 2. The van der Waals surface area contributed by atoms with Crippen LogP contribution in [0.1, 0.15) is 55.3 Å². The fourth-order valence-corrected chi connectivity index (χ4v) is 5.56. The molecule has 0 fully saturated rings. The molecule has 39 heavy (non-hydrogen) atoms. The summed E-state index contributed by atoms with van der Waals surface area (Å²) in [6.45, 7) is 7.07. The van der Waals surface area contributed by atoms with E-state index < -0.39 is 27.4 Å². The second kappa shape index (κ2) is 11.6. The van der Waals surface area contributed by atoms with Gasteiger partial charge in [-0.15, -0.1) is 10.2 Å². The van der Waals surface area contributed by atoms with Crippen LogP contribution in [0.3, 0.4) is 0 Å². The Hall–Kier alpha value is -3.62. The van der Waals surface area contributed by atoms with E-state index in [1.807, 2.05) is 13.8 Å². The lowest BCUT2D eigenvalue weighted by Crippen LogP contribution is -2.34. The van der Waals surface area contributed by atoms with Crippen LogP contribution in [-0.4, -0.2) is 62.8 Å². The van der Waals surface area contributed by atoms with Crippen LogP contribution in [0.15, 0.2) is 35.1 Å². The van der Waals surface area contributed by atoms with Crippen molar-refractivity contribution < 1.29 is 22.4 Å². The van der Waals surface area contributed by atoms with Gasteiger partial charge in [-0.25, -0.2) is 23.4 Å². The monoisotopic (exact) mass is 576 g/mol. The molecule has 208 valence electrons. The highest BCUT2D eigenvalue weighted by atomic mass is 35.5. The number of anilines is 1. The van der Waals surface area contributed by atoms with Gasteiger partial charge in [-0.3, -0.25) is 9.29 Å². The Kier molecular flexibility index (Phi) is 8.47. The molecule has 3 unspecified atom stereocenters. The summed E-state index contributed by atoms with van der Waals surface area (Å²) >= 11 is 5.89. The average Bonchev–Trinajstić information content (AvgIpc) is 3.48. The standard InChI is InChI=1S/C24H29ClN8O5S/c1-7-18(20-13(2)31-38-14(20)3)33-23(17-9-8-10-19(28-17)36-5)29-30-24(33)32-39(34,35)15(4)21(37-6)22-26-11-16(25)12-27-22/h8-12,15,18,21H,7H2,1-6H3,(H,30,32). The smallest absolute Gasteiger partial charge is 0.240 e. The Labute approximate surface area is 231 Å². The second-order valence-electron chi connectivity index (χ2n) is 8.71. The summed E-state index contributed by atoms with van der Waals surface area (Å²) in [6, 6.07) is 4.77. The highest BCUT2D eigenvalue weighted by Crippen LogP contribution is 2.35. The molecule has 0 saturated carbocycles. The molecule has 0 spiro atoms.